The minimum Gasteiger partial charge on any atom is -0.337 e. The molecule has 1 aliphatic rings. The summed E-state index contributed by atoms with van der Waals surface area (Å²) in [6.07, 6.45) is 4.77. The Morgan fingerprint density at radius 2 is 1.96 bits per heavy atom. The van der Waals surface area contributed by atoms with Crippen LogP contribution in [0.1, 0.15) is 28.0 Å². The summed E-state index contributed by atoms with van der Waals surface area (Å²) in [5.74, 6) is 0.0654. The molecular formula is C21H24ClN5O. The summed E-state index contributed by atoms with van der Waals surface area (Å²) in [4.78, 5) is 18.9. The molecule has 0 unspecified atom stereocenters. The molecule has 1 aromatic carbocycles. The van der Waals surface area contributed by atoms with E-state index in [1.165, 1.54) is 0 Å². The molecule has 2 aromatic heterocycles. The number of carbonyl (C=O) groups excluding carboxylic acids is 1. The summed E-state index contributed by atoms with van der Waals surface area (Å²) in [5, 5.41) is 4.44. The van der Waals surface area contributed by atoms with Gasteiger partial charge in [-0.3, -0.25) is 14.5 Å². The zero-order chi connectivity index (χ0) is 19.0. The van der Waals surface area contributed by atoms with Gasteiger partial charge in [-0.1, -0.05) is 18.2 Å². The molecule has 1 aliphatic heterocycles. The van der Waals surface area contributed by atoms with Gasteiger partial charge >= 0.3 is 0 Å². The smallest absolute Gasteiger partial charge is 0.254 e. The number of nitrogens with two attached hydrogens (primary N) is 1. The van der Waals surface area contributed by atoms with Gasteiger partial charge in [0.25, 0.3) is 5.91 Å². The second-order valence-corrected chi connectivity index (χ2v) is 7.02. The molecule has 1 amide bonds. The largest absolute Gasteiger partial charge is 0.337 e. The molecule has 146 valence electrons. The highest BCUT2D eigenvalue weighted by atomic mass is 35.5. The van der Waals surface area contributed by atoms with Crippen molar-refractivity contribution >= 4 is 18.3 Å². The van der Waals surface area contributed by atoms with Gasteiger partial charge in [-0.15, -0.1) is 12.4 Å². The highest BCUT2D eigenvalue weighted by Crippen LogP contribution is 2.33. The first-order valence-corrected chi connectivity index (χ1v) is 9.16. The zero-order valence-corrected chi connectivity index (χ0v) is 16.9. The van der Waals surface area contributed by atoms with Crippen molar-refractivity contribution < 1.29 is 4.79 Å². The molecule has 0 aliphatic carbocycles. The number of halogens is 1. The quantitative estimate of drug-likeness (QED) is 0.716. The number of pyridine rings is 1. The molecule has 2 N–H and O–H groups in total. The van der Waals surface area contributed by atoms with Gasteiger partial charge in [0, 0.05) is 54.3 Å². The number of aromatic nitrogens is 3. The van der Waals surface area contributed by atoms with Crippen LogP contribution in [0.25, 0.3) is 22.4 Å². The van der Waals surface area contributed by atoms with E-state index in [4.69, 9.17) is 10.7 Å². The van der Waals surface area contributed by atoms with Crippen molar-refractivity contribution in [2.75, 3.05) is 13.6 Å². The van der Waals surface area contributed by atoms with Crippen LogP contribution in [0.5, 0.6) is 0 Å². The van der Waals surface area contributed by atoms with E-state index in [1.807, 2.05) is 49.2 Å². The van der Waals surface area contributed by atoms with Crippen molar-refractivity contribution in [3.05, 3.63) is 59.5 Å². The molecule has 0 saturated heterocycles. The maximum absolute atomic E-state index is 12.4. The number of benzene rings is 1. The molecule has 3 aromatic rings. The van der Waals surface area contributed by atoms with E-state index < -0.39 is 0 Å². The monoisotopic (exact) mass is 397 g/mol. The Balaban J connectivity index is 0.00000225. The first kappa shape index (κ1) is 20.0. The van der Waals surface area contributed by atoms with Crippen LogP contribution < -0.4 is 5.73 Å². The van der Waals surface area contributed by atoms with E-state index >= 15 is 0 Å². The molecule has 0 radical (unpaired) electrons. The van der Waals surface area contributed by atoms with Crippen LogP contribution in [0.4, 0.5) is 0 Å². The zero-order valence-electron chi connectivity index (χ0n) is 16.1. The van der Waals surface area contributed by atoms with E-state index in [0.29, 0.717) is 13.1 Å². The van der Waals surface area contributed by atoms with E-state index in [2.05, 4.69) is 17.2 Å². The Hall–Kier alpha value is -2.70. The number of nitrogens with zero attached hydrogens (tertiary/aromatic N) is 4. The normalized spacial score (nSPS) is 12.8. The van der Waals surface area contributed by atoms with Crippen molar-refractivity contribution in [1.82, 2.24) is 19.7 Å². The number of hydrogen-bond acceptors (Lipinski definition) is 4. The van der Waals surface area contributed by atoms with Gasteiger partial charge in [0.1, 0.15) is 0 Å². The summed E-state index contributed by atoms with van der Waals surface area (Å²) < 4.78 is 1.91. The SMILES string of the molecule is Cc1ccc(-c2cnn(CCCN)c2)c(-c2ccc3c(c2)C(=O)N(C)C3)n1.Cl. The van der Waals surface area contributed by atoms with Gasteiger partial charge in [0.05, 0.1) is 11.9 Å². The minimum absolute atomic E-state index is 0. The van der Waals surface area contributed by atoms with Gasteiger partial charge < -0.3 is 10.6 Å². The second kappa shape index (κ2) is 8.12. The van der Waals surface area contributed by atoms with E-state index in [9.17, 15) is 4.79 Å². The predicted octanol–water partition coefficient (Wildman–Crippen LogP) is 3.28. The first-order valence-electron chi connectivity index (χ1n) is 9.16. The van der Waals surface area contributed by atoms with Crippen LogP contribution in [0.2, 0.25) is 0 Å². The second-order valence-electron chi connectivity index (χ2n) is 7.02. The Morgan fingerprint density at radius 1 is 1.14 bits per heavy atom. The molecule has 0 saturated carbocycles. The molecule has 6 nitrogen and oxygen atoms in total. The maximum atomic E-state index is 12.4. The Bertz CT molecular complexity index is 1010. The fourth-order valence-electron chi connectivity index (χ4n) is 3.48. The summed E-state index contributed by atoms with van der Waals surface area (Å²) in [6, 6.07) is 10.1. The lowest BCUT2D eigenvalue weighted by molar-refractivity contribution is 0.0816. The van der Waals surface area contributed by atoms with Crippen molar-refractivity contribution in [1.29, 1.82) is 0 Å². The lowest BCUT2D eigenvalue weighted by Gasteiger charge is -2.10. The Morgan fingerprint density at radius 3 is 2.75 bits per heavy atom. The van der Waals surface area contributed by atoms with Gasteiger partial charge in [0.15, 0.2) is 0 Å². The average Bonchev–Trinajstić information content (AvgIpc) is 3.25. The molecule has 0 spiro atoms. The number of carbonyl (C=O) groups is 1. The number of hydrogen-bond donors (Lipinski definition) is 1. The van der Waals surface area contributed by atoms with Crippen LogP contribution >= 0.6 is 12.4 Å². The summed E-state index contributed by atoms with van der Waals surface area (Å²) in [7, 11) is 1.83. The van der Waals surface area contributed by atoms with Crippen molar-refractivity contribution in [3.8, 4) is 22.4 Å². The van der Waals surface area contributed by atoms with Gasteiger partial charge in [0.2, 0.25) is 0 Å². The molecule has 3 heterocycles. The summed E-state index contributed by atoms with van der Waals surface area (Å²) in [6.45, 7) is 4.08. The van der Waals surface area contributed by atoms with E-state index in [0.717, 1.165) is 52.2 Å². The molecular weight excluding hydrogens is 374 g/mol. The Labute approximate surface area is 170 Å². The van der Waals surface area contributed by atoms with Crippen LogP contribution in [0.3, 0.4) is 0 Å². The lowest BCUT2D eigenvalue weighted by Crippen LogP contribution is -2.17. The van der Waals surface area contributed by atoms with Gasteiger partial charge in [-0.25, -0.2) is 0 Å². The molecule has 0 fully saturated rings. The van der Waals surface area contributed by atoms with Crippen LogP contribution in [0.15, 0.2) is 42.7 Å². The minimum atomic E-state index is 0. The van der Waals surface area contributed by atoms with Gasteiger partial charge in [-0.2, -0.15) is 5.10 Å². The highest BCUT2D eigenvalue weighted by Gasteiger charge is 2.25. The van der Waals surface area contributed by atoms with Crippen molar-refractivity contribution in [2.45, 2.75) is 26.4 Å². The molecule has 28 heavy (non-hydrogen) atoms. The third kappa shape index (κ3) is 3.66. The molecule has 0 atom stereocenters. The summed E-state index contributed by atoms with van der Waals surface area (Å²) in [5.41, 5.74) is 12.2. The lowest BCUT2D eigenvalue weighted by atomic mass is 9.98. The number of rotatable bonds is 5. The first-order chi connectivity index (χ1) is 13.1. The van der Waals surface area contributed by atoms with Crippen LogP contribution in [-0.2, 0) is 13.1 Å². The predicted molar refractivity (Wildman–Crippen MR) is 112 cm³/mol. The third-order valence-electron chi connectivity index (χ3n) is 4.94. The topological polar surface area (TPSA) is 77.0 Å². The molecule has 4 rings (SSSR count). The standard InChI is InChI=1S/C21H23N5O.ClH/c1-14-4-7-18(17-11-23-26(13-17)9-3-8-22)20(24-14)15-5-6-16-12-25(2)21(27)19(16)10-15;/h4-7,10-11,13H,3,8-9,12,22H2,1-2H3;1H. The maximum Gasteiger partial charge on any atom is 0.254 e. The number of amides is 1. The fourth-order valence-corrected chi connectivity index (χ4v) is 3.48. The molecule has 7 heteroatoms. The fraction of sp³-hybridized carbons (Fsp3) is 0.286. The van der Waals surface area contributed by atoms with Crippen molar-refractivity contribution in [2.24, 2.45) is 5.73 Å². The third-order valence-corrected chi connectivity index (χ3v) is 4.94. The summed E-state index contributed by atoms with van der Waals surface area (Å²) >= 11 is 0. The van der Waals surface area contributed by atoms with Crippen molar-refractivity contribution in [3.63, 3.8) is 0 Å². The van der Waals surface area contributed by atoms with E-state index in [-0.39, 0.29) is 18.3 Å². The Kier molecular flexibility index (Phi) is 5.82. The highest BCUT2D eigenvalue weighted by molar-refractivity contribution is 5.99. The molecule has 0 bridgehead atoms. The van der Waals surface area contributed by atoms with E-state index in [1.54, 1.807) is 4.90 Å². The van der Waals surface area contributed by atoms with Crippen LogP contribution in [0, 0.1) is 6.92 Å². The average molecular weight is 398 g/mol. The number of aryl methyl sites for hydroxylation is 2. The van der Waals surface area contributed by atoms with Gasteiger partial charge in [-0.05, 0) is 37.6 Å². The number of fused-ring (bicyclic) bond motifs is 1. The van der Waals surface area contributed by atoms with Crippen LogP contribution in [-0.4, -0.2) is 39.2 Å².